The third-order valence-corrected chi connectivity index (χ3v) is 7.39. The Balaban J connectivity index is 0.000000288. The number of phenolic OH excluding ortho intramolecular Hbond substituents is 2. The van der Waals surface area contributed by atoms with Crippen LogP contribution in [0, 0.1) is 0 Å². The second kappa shape index (κ2) is 13.7. The van der Waals surface area contributed by atoms with Crippen molar-refractivity contribution in [1.29, 1.82) is 0 Å². The van der Waals surface area contributed by atoms with Crippen molar-refractivity contribution >= 4 is 0 Å². The molecule has 2 heteroatoms. The highest BCUT2D eigenvalue weighted by atomic mass is 16.3. The Hall–Kier alpha value is -4.30. The van der Waals surface area contributed by atoms with E-state index in [1.807, 2.05) is 38.1 Å². The molecular formula is C38H42O2. The third kappa shape index (κ3) is 5.67. The van der Waals surface area contributed by atoms with Crippen molar-refractivity contribution in [3.8, 4) is 22.6 Å². The molecule has 0 radical (unpaired) electrons. The van der Waals surface area contributed by atoms with Gasteiger partial charge < -0.3 is 10.2 Å². The van der Waals surface area contributed by atoms with Gasteiger partial charge in [-0.1, -0.05) is 132 Å². The predicted octanol–water partition coefficient (Wildman–Crippen LogP) is 9.93. The van der Waals surface area contributed by atoms with Gasteiger partial charge in [0.15, 0.2) is 0 Å². The Morgan fingerprint density at radius 3 is 1.12 bits per heavy atom. The Bertz CT molecular complexity index is 1360. The summed E-state index contributed by atoms with van der Waals surface area (Å²) >= 11 is 0. The van der Waals surface area contributed by atoms with Crippen molar-refractivity contribution in [3.63, 3.8) is 0 Å². The van der Waals surface area contributed by atoms with E-state index in [9.17, 15) is 10.2 Å². The summed E-state index contributed by atoms with van der Waals surface area (Å²) in [5.74, 6) is 0.498. The standard InChI is InChI=1S/C25H18O2.C10H14.C2H6.CH4/c26-19-13-9-17(10-14-19)25(18-11-15-20(27)16-12-18)23-7-3-1-5-21(23)22-6-2-4-8-24(22)25;1-3-9-5-7-10(4-2)8-6-9;1-2;/h1-16,26-27H;5-8H,3-4H2,1-2H3;1-2H3;1H4. The summed E-state index contributed by atoms with van der Waals surface area (Å²) in [7, 11) is 0. The van der Waals surface area contributed by atoms with Gasteiger partial charge in [0.2, 0.25) is 0 Å². The fourth-order valence-corrected chi connectivity index (χ4v) is 5.46. The normalized spacial score (nSPS) is 11.9. The Morgan fingerprint density at radius 1 is 0.475 bits per heavy atom. The zero-order valence-corrected chi connectivity index (χ0v) is 23.4. The molecule has 0 fully saturated rings. The molecule has 0 heterocycles. The van der Waals surface area contributed by atoms with Crippen molar-refractivity contribution in [2.45, 2.75) is 53.4 Å². The second-order valence-electron chi connectivity index (χ2n) is 9.46. The largest absolute Gasteiger partial charge is 0.508 e. The monoisotopic (exact) mass is 530 g/mol. The Kier molecular flexibility index (Phi) is 10.3. The van der Waals surface area contributed by atoms with Crippen LogP contribution in [0.25, 0.3) is 11.1 Å². The highest BCUT2D eigenvalue weighted by Gasteiger charge is 2.45. The smallest absolute Gasteiger partial charge is 0.115 e. The summed E-state index contributed by atoms with van der Waals surface area (Å²) in [6.45, 7) is 8.36. The molecule has 0 amide bonds. The number of benzene rings is 5. The zero-order chi connectivity index (χ0) is 27.8. The van der Waals surface area contributed by atoms with E-state index in [0.29, 0.717) is 0 Å². The summed E-state index contributed by atoms with van der Waals surface area (Å²) in [5.41, 5.74) is 9.39. The van der Waals surface area contributed by atoms with Crippen molar-refractivity contribution in [1.82, 2.24) is 0 Å². The molecule has 0 saturated carbocycles. The molecule has 0 unspecified atom stereocenters. The number of aryl methyl sites for hydroxylation is 2. The second-order valence-corrected chi connectivity index (χ2v) is 9.46. The SMILES string of the molecule is C.CC.CCc1ccc(CC)cc1.Oc1ccc(C2(c3ccc(O)cc3)c3ccccc3-c3ccccc32)cc1. The number of aromatic hydroxyl groups is 2. The lowest BCUT2D eigenvalue weighted by Gasteiger charge is -2.33. The minimum Gasteiger partial charge on any atom is -0.508 e. The van der Waals surface area contributed by atoms with Gasteiger partial charge in [-0.2, -0.15) is 0 Å². The zero-order valence-electron chi connectivity index (χ0n) is 23.4. The molecule has 1 aliphatic rings. The van der Waals surface area contributed by atoms with Crippen molar-refractivity contribution < 1.29 is 10.2 Å². The maximum Gasteiger partial charge on any atom is 0.115 e. The van der Waals surface area contributed by atoms with E-state index in [-0.39, 0.29) is 18.9 Å². The van der Waals surface area contributed by atoms with E-state index < -0.39 is 5.41 Å². The molecule has 0 aromatic heterocycles. The van der Waals surface area contributed by atoms with Crippen LogP contribution in [0.2, 0.25) is 0 Å². The number of hydrogen-bond acceptors (Lipinski definition) is 2. The minimum atomic E-state index is -0.491. The van der Waals surface area contributed by atoms with E-state index >= 15 is 0 Å². The van der Waals surface area contributed by atoms with Crippen LogP contribution in [-0.2, 0) is 18.3 Å². The van der Waals surface area contributed by atoms with Crippen LogP contribution >= 0.6 is 0 Å². The van der Waals surface area contributed by atoms with Gasteiger partial charge in [-0.25, -0.2) is 0 Å². The molecule has 0 atom stereocenters. The molecule has 6 rings (SSSR count). The van der Waals surface area contributed by atoms with Crippen molar-refractivity contribution in [2.75, 3.05) is 0 Å². The van der Waals surface area contributed by atoms with Gasteiger partial charge in [-0.05, 0) is 81.6 Å². The molecule has 0 bridgehead atoms. The lowest BCUT2D eigenvalue weighted by molar-refractivity contribution is 0.475. The van der Waals surface area contributed by atoms with Gasteiger partial charge in [0.25, 0.3) is 0 Å². The topological polar surface area (TPSA) is 40.5 Å². The molecule has 2 N–H and O–H groups in total. The fraction of sp³-hybridized carbons (Fsp3) is 0.211. The van der Waals surface area contributed by atoms with Gasteiger partial charge in [-0.15, -0.1) is 0 Å². The van der Waals surface area contributed by atoms with E-state index in [2.05, 4.69) is 86.6 Å². The fourth-order valence-electron chi connectivity index (χ4n) is 5.46. The molecule has 40 heavy (non-hydrogen) atoms. The number of rotatable bonds is 4. The van der Waals surface area contributed by atoms with Crippen LogP contribution in [0.1, 0.15) is 68.5 Å². The van der Waals surface area contributed by atoms with E-state index in [4.69, 9.17) is 0 Å². The first-order valence-corrected chi connectivity index (χ1v) is 13.9. The van der Waals surface area contributed by atoms with Gasteiger partial charge in [0.1, 0.15) is 11.5 Å². The van der Waals surface area contributed by atoms with E-state index in [1.54, 1.807) is 24.3 Å². The van der Waals surface area contributed by atoms with E-state index in [0.717, 1.165) is 24.0 Å². The maximum atomic E-state index is 9.85. The lowest BCUT2D eigenvalue weighted by atomic mass is 9.68. The Morgan fingerprint density at radius 2 is 0.800 bits per heavy atom. The molecule has 0 saturated heterocycles. The average molecular weight is 531 g/mol. The summed E-state index contributed by atoms with van der Waals surface area (Å²) in [5, 5.41) is 19.7. The maximum absolute atomic E-state index is 9.85. The third-order valence-electron chi connectivity index (χ3n) is 7.39. The van der Waals surface area contributed by atoms with Crippen LogP contribution in [0.5, 0.6) is 11.5 Å². The lowest BCUT2D eigenvalue weighted by Crippen LogP contribution is -2.28. The van der Waals surface area contributed by atoms with Gasteiger partial charge >= 0.3 is 0 Å². The van der Waals surface area contributed by atoms with Crippen LogP contribution in [0.15, 0.2) is 121 Å². The first kappa shape index (κ1) is 30.2. The quantitative estimate of drug-likeness (QED) is 0.238. The summed E-state index contributed by atoms with van der Waals surface area (Å²) in [4.78, 5) is 0. The molecule has 0 spiro atoms. The first-order valence-electron chi connectivity index (χ1n) is 13.9. The molecule has 1 aliphatic carbocycles. The summed E-state index contributed by atoms with van der Waals surface area (Å²) < 4.78 is 0. The highest BCUT2D eigenvalue weighted by molar-refractivity contribution is 5.86. The van der Waals surface area contributed by atoms with Crippen LogP contribution in [-0.4, -0.2) is 10.2 Å². The van der Waals surface area contributed by atoms with Crippen LogP contribution in [0.3, 0.4) is 0 Å². The molecule has 206 valence electrons. The molecule has 0 aliphatic heterocycles. The highest BCUT2D eigenvalue weighted by Crippen LogP contribution is 2.56. The Labute approximate surface area is 240 Å². The van der Waals surface area contributed by atoms with Gasteiger partial charge in [0, 0.05) is 0 Å². The van der Waals surface area contributed by atoms with Crippen LogP contribution < -0.4 is 0 Å². The van der Waals surface area contributed by atoms with Crippen LogP contribution in [0.4, 0.5) is 0 Å². The molecule has 5 aromatic carbocycles. The van der Waals surface area contributed by atoms with Gasteiger partial charge in [-0.3, -0.25) is 0 Å². The molecule has 2 nitrogen and oxygen atoms in total. The summed E-state index contributed by atoms with van der Waals surface area (Å²) in [6, 6.07) is 40.7. The van der Waals surface area contributed by atoms with Crippen molar-refractivity contribution in [3.05, 3.63) is 155 Å². The molecular weight excluding hydrogens is 488 g/mol. The molecule has 5 aromatic rings. The van der Waals surface area contributed by atoms with E-state index in [1.165, 1.54) is 33.4 Å². The average Bonchev–Trinajstić information content (AvgIpc) is 3.30. The van der Waals surface area contributed by atoms with Crippen molar-refractivity contribution in [2.24, 2.45) is 0 Å². The first-order chi connectivity index (χ1) is 19.1. The number of fused-ring (bicyclic) bond motifs is 3. The predicted molar refractivity (Wildman–Crippen MR) is 170 cm³/mol. The minimum absolute atomic E-state index is 0. The number of phenols is 2. The summed E-state index contributed by atoms with van der Waals surface area (Å²) in [6.07, 6.45) is 2.29. The van der Waals surface area contributed by atoms with Gasteiger partial charge in [0.05, 0.1) is 5.41 Å². The number of hydrogen-bond donors (Lipinski definition) is 2.